The van der Waals surface area contributed by atoms with Crippen molar-refractivity contribution < 1.29 is 0 Å². The lowest BCUT2D eigenvalue weighted by atomic mass is 9.84. The minimum Gasteiger partial charge on any atom is -0.309 e. The summed E-state index contributed by atoms with van der Waals surface area (Å²) in [4.78, 5) is 15.5. The lowest BCUT2D eigenvalue weighted by Crippen LogP contribution is -2.09. The van der Waals surface area contributed by atoms with Gasteiger partial charge >= 0.3 is 0 Å². The highest BCUT2D eigenvalue weighted by Gasteiger charge is 2.24. The second-order valence-corrected chi connectivity index (χ2v) is 14.3. The predicted octanol–water partition coefficient (Wildman–Crippen LogP) is 12.0. The molecule has 0 aliphatic heterocycles. The van der Waals surface area contributed by atoms with E-state index in [4.69, 9.17) is 15.0 Å². The predicted molar refractivity (Wildman–Crippen MR) is 215 cm³/mol. The lowest BCUT2D eigenvalue weighted by Gasteiger charge is -2.23. The molecule has 250 valence electrons. The van der Waals surface area contributed by atoms with Crippen LogP contribution in [-0.4, -0.2) is 19.5 Å². The van der Waals surface area contributed by atoms with Crippen LogP contribution in [0.15, 0.2) is 140 Å². The fraction of sp³-hybridized carbons (Fsp3) is 0.146. The fourth-order valence-electron chi connectivity index (χ4n) is 8.52. The van der Waals surface area contributed by atoms with Gasteiger partial charge in [-0.05, 0) is 84.0 Å². The molecule has 1 unspecified atom stereocenters. The van der Waals surface area contributed by atoms with Gasteiger partial charge in [0.1, 0.15) is 0 Å². The highest BCUT2D eigenvalue weighted by atomic mass is 15.0. The molecule has 0 N–H and O–H groups in total. The number of benzene rings is 6. The van der Waals surface area contributed by atoms with Crippen LogP contribution in [0.25, 0.3) is 78.9 Å². The topological polar surface area (TPSA) is 43.6 Å². The number of para-hydroxylation sites is 1. The van der Waals surface area contributed by atoms with Crippen LogP contribution >= 0.6 is 0 Å². The normalized spacial score (nSPS) is 15.1. The molecule has 6 aromatic carbocycles. The lowest BCUT2D eigenvalue weighted by molar-refractivity contribution is 0.686. The Labute approximate surface area is 304 Å². The summed E-state index contributed by atoms with van der Waals surface area (Å²) in [7, 11) is 0. The van der Waals surface area contributed by atoms with Crippen molar-refractivity contribution in [3.05, 3.63) is 162 Å². The van der Waals surface area contributed by atoms with Crippen LogP contribution in [0.1, 0.15) is 54.4 Å². The Morgan fingerprint density at radius 2 is 1.25 bits per heavy atom. The zero-order chi connectivity index (χ0) is 34.6. The van der Waals surface area contributed by atoms with Crippen LogP contribution in [0.4, 0.5) is 0 Å². The molecule has 4 nitrogen and oxygen atoms in total. The summed E-state index contributed by atoms with van der Waals surface area (Å²) in [6.45, 7) is 2.34. The van der Waals surface area contributed by atoms with Crippen molar-refractivity contribution in [2.24, 2.45) is 0 Å². The van der Waals surface area contributed by atoms with Crippen LogP contribution in [-0.2, 0) is 12.8 Å². The SMILES string of the molecule is CC1CC=Cc2c1ccc1c3ccccc3n(-c3ccc(-c4ccc5c(c4-c4nc(-c6ccccc6)nc(-c6ccccc6)n4)CCCC5)cc3)c21. The zero-order valence-corrected chi connectivity index (χ0v) is 29.3. The summed E-state index contributed by atoms with van der Waals surface area (Å²) in [5.74, 6) is 2.62. The Morgan fingerprint density at radius 3 is 2.00 bits per heavy atom. The largest absolute Gasteiger partial charge is 0.309 e. The van der Waals surface area contributed by atoms with Gasteiger partial charge in [-0.25, -0.2) is 15.0 Å². The second kappa shape index (κ2) is 12.6. The summed E-state index contributed by atoms with van der Waals surface area (Å²) in [6.07, 6.45) is 10.2. The quantitative estimate of drug-likeness (QED) is 0.183. The van der Waals surface area contributed by atoms with Crippen LogP contribution in [0.2, 0.25) is 0 Å². The van der Waals surface area contributed by atoms with E-state index in [-0.39, 0.29) is 0 Å². The van der Waals surface area contributed by atoms with E-state index in [2.05, 4.69) is 121 Å². The van der Waals surface area contributed by atoms with Crippen LogP contribution < -0.4 is 0 Å². The maximum Gasteiger partial charge on any atom is 0.165 e. The summed E-state index contributed by atoms with van der Waals surface area (Å²) < 4.78 is 2.47. The number of aromatic nitrogens is 4. The third kappa shape index (κ3) is 5.09. The van der Waals surface area contributed by atoms with E-state index in [9.17, 15) is 0 Å². The number of aryl methyl sites for hydroxylation is 1. The van der Waals surface area contributed by atoms with Crippen molar-refractivity contribution >= 4 is 27.9 Å². The molecule has 1 atom stereocenters. The Balaban J connectivity index is 1.17. The molecule has 4 heteroatoms. The van der Waals surface area contributed by atoms with Gasteiger partial charge in [-0.15, -0.1) is 0 Å². The molecule has 2 aliphatic rings. The number of rotatable bonds is 5. The molecular formula is C48H38N4. The van der Waals surface area contributed by atoms with Gasteiger partial charge in [0.05, 0.1) is 11.0 Å². The Kier molecular flexibility index (Phi) is 7.42. The molecule has 52 heavy (non-hydrogen) atoms. The van der Waals surface area contributed by atoms with Crippen LogP contribution in [0, 0.1) is 0 Å². The first-order chi connectivity index (χ1) is 25.7. The first kappa shape index (κ1) is 30.7. The molecule has 2 aliphatic carbocycles. The molecular weight excluding hydrogens is 633 g/mol. The Morgan fingerprint density at radius 1 is 0.577 bits per heavy atom. The average molecular weight is 671 g/mol. The van der Waals surface area contributed by atoms with Crippen LogP contribution in [0.5, 0.6) is 0 Å². The minimum absolute atomic E-state index is 0.501. The van der Waals surface area contributed by atoms with Gasteiger partial charge in [-0.2, -0.15) is 0 Å². The van der Waals surface area contributed by atoms with E-state index in [1.54, 1.807) is 0 Å². The first-order valence-corrected chi connectivity index (χ1v) is 18.6. The number of hydrogen-bond acceptors (Lipinski definition) is 3. The first-order valence-electron chi connectivity index (χ1n) is 18.6. The van der Waals surface area contributed by atoms with Crippen molar-refractivity contribution in [2.75, 3.05) is 0 Å². The second-order valence-electron chi connectivity index (χ2n) is 14.3. The van der Waals surface area contributed by atoms with Gasteiger partial charge < -0.3 is 4.57 Å². The molecule has 2 aromatic heterocycles. The summed E-state index contributed by atoms with van der Waals surface area (Å²) in [6, 6.07) is 47.8. The highest BCUT2D eigenvalue weighted by Crippen LogP contribution is 2.42. The molecule has 0 saturated heterocycles. The average Bonchev–Trinajstić information content (AvgIpc) is 3.56. The van der Waals surface area contributed by atoms with E-state index in [1.807, 2.05) is 36.4 Å². The van der Waals surface area contributed by atoms with Gasteiger partial charge in [-0.1, -0.05) is 134 Å². The maximum atomic E-state index is 5.23. The zero-order valence-electron chi connectivity index (χ0n) is 29.3. The van der Waals surface area contributed by atoms with Crippen molar-refractivity contribution in [1.82, 2.24) is 19.5 Å². The van der Waals surface area contributed by atoms with E-state index in [0.717, 1.165) is 65.0 Å². The van der Waals surface area contributed by atoms with Crippen molar-refractivity contribution in [2.45, 2.75) is 44.9 Å². The third-order valence-electron chi connectivity index (χ3n) is 11.1. The monoisotopic (exact) mass is 670 g/mol. The van der Waals surface area contributed by atoms with Gasteiger partial charge in [0.25, 0.3) is 0 Å². The molecule has 2 heterocycles. The number of hydrogen-bond donors (Lipinski definition) is 0. The highest BCUT2D eigenvalue weighted by molar-refractivity contribution is 6.12. The van der Waals surface area contributed by atoms with E-state index in [0.29, 0.717) is 17.6 Å². The van der Waals surface area contributed by atoms with Crippen molar-refractivity contribution in [3.63, 3.8) is 0 Å². The number of allylic oxidation sites excluding steroid dienone is 1. The van der Waals surface area contributed by atoms with Crippen molar-refractivity contribution in [1.29, 1.82) is 0 Å². The fourth-order valence-corrected chi connectivity index (χ4v) is 8.52. The molecule has 0 spiro atoms. The van der Waals surface area contributed by atoms with E-state index < -0.39 is 0 Å². The standard InChI is InChI=1S/C48H38N4/c1-31-13-12-21-41-37(31)29-30-42-40-20-10-11-22-43(40)52(45(41)42)36-26-23-33(24-27-36)39-28-25-32-14-8-9-19-38(32)44(39)48-50-46(34-15-4-2-5-16-34)49-47(51-48)35-17-6-3-7-18-35/h2-7,10-12,15-18,20-31H,8-9,13-14,19H2,1H3. The van der Waals surface area contributed by atoms with E-state index >= 15 is 0 Å². The maximum absolute atomic E-state index is 5.23. The molecule has 10 rings (SSSR count). The molecule has 0 bridgehead atoms. The molecule has 0 amide bonds. The van der Waals surface area contributed by atoms with Gasteiger partial charge in [-0.3, -0.25) is 0 Å². The smallest absolute Gasteiger partial charge is 0.165 e. The molecule has 0 radical (unpaired) electrons. The van der Waals surface area contributed by atoms with Gasteiger partial charge in [0.2, 0.25) is 0 Å². The summed E-state index contributed by atoms with van der Waals surface area (Å²) in [5.41, 5.74) is 14.6. The van der Waals surface area contributed by atoms with Crippen LogP contribution in [0.3, 0.4) is 0 Å². The Hall–Kier alpha value is -6.13. The van der Waals surface area contributed by atoms with Crippen molar-refractivity contribution in [3.8, 4) is 51.0 Å². The molecule has 0 fully saturated rings. The number of fused-ring (bicyclic) bond motifs is 6. The minimum atomic E-state index is 0.501. The van der Waals surface area contributed by atoms with E-state index in [1.165, 1.54) is 50.5 Å². The molecule has 0 saturated carbocycles. The number of nitrogens with zero attached hydrogens (tertiary/aromatic N) is 4. The Bertz CT molecular complexity index is 2590. The molecule has 8 aromatic rings. The summed E-state index contributed by atoms with van der Waals surface area (Å²) in [5, 5.41) is 2.58. The van der Waals surface area contributed by atoms with Gasteiger partial charge in [0.15, 0.2) is 17.5 Å². The third-order valence-corrected chi connectivity index (χ3v) is 11.1. The summed E-state index contributed by atoms with van der Waals surface area (Å²) >= 11 is 0. The van der Waals surface area contributed by atoms with Gasteiger partial charge in [0, 0.05) is 38.7 Å².